The van der Waals surface area contributed by atoms with Crippen LogP contribution in [-0.4, -0.2) is 27.1 Å². The molecule has 0 aliphatic rings. The summed E-state index contributed by atoms with van der Waals surface area (Å²) >= 11 is 1.28. The summed E-state index contributed by atoms with van der Waals surface area (Å²) in [7, 11) is -2.11. The SMILES string of the molecule is CCOc1cc(C)c(S(=O)(=O)N(C)c2nccs2)cc1C. The Kier molecular flexibility index (Phi) is 4.53. The molecule has 0 bridgehead atoms. The van der Waals surface area contributed by atoms with E-state index in [9.17, 15) is 8.42 Å². The van der Waals surface area contributed by atoms with E-state index in [0.29, 0.717) is 23.1 Å². The molecule has 0 fully saturated rings. The second-order valence-corrected chi connectivity index (χ2v) is 7.41. The molecule has 0 saturated carbocycles. The van der Waals surface area contributed by atoms with Crippen molar-refractivity contribution in [2.45, 2.75) is 25.7 Å². The van der Waals surface area contributed by atoms with Crippen LogP contribution in [0, 0.1) is 13.8 Å². The summed E-state index contributed by atoms with van der Waals surface area (Å²) in [6.45, 7) is 6.05. The summed E-state index contributed by atoms with van der Waals surface area (Å²) in [5.74, 6) is 0.714. The molecule has 7 heteroatoms. The molecular weight excluding hydrogens is 308 g/mol. The average Bonchev–Trinajstić information content (AvgIpc) is 2.95. The standard InChI is InChI=1S/C14H18N2O3S2/c1-5-19-12-8-11(3)13(9-10(12)2)21(17,18)16(4)14-15-6-7-20-14/h6-9H,5H2,1-4H3. The van der Waals surface area contributed by atoms with Gasteiger partial charge in [-0.05, 0) is 44.0 Å². The highest BCUT2D eigenvalue weighted by Gasteiger charge is 2.25. The van der Waals surface area contributed by atoms with Gasteiger partial charge in [0.15, 0.2) is 5.13 Å². The van der Waals surface area contributed by atoms with Gasteiger partial charge in [-0.1, -0.05) is 0 Å². The summed E-state index contributed by atoms with van der Waals surface area (Å²) < 4.78 is 32.2. The predicted octanol–water partition coefficient (Wildman–Crippen LogP) is 2.98. The molecule has 5 nitrogen and oxygen atoms in total. The fourth-order valence-corrected chi connectivity index (χ4v) is 4.25. The number of sulfonamides is 1. The number of aromatic nitrogens is 1. The molecule has 114 valence electrons. The van der Waals surface area contributed by atoms with Crippen LogP contribution in [0.15, 0.2) is 28.6 Å². The molecule has 1 aromatic carbocycles. The Morgan fingerprint density at radius 2 is 2.00 bits per heavy atom. The number of aryl methyl sites for hydroxylation is 2. The zero-order valence-corrected chi connectivity index (χ0v) is 14.1. The molecule has 2 aromatic rings. The van der Waals surface area contributed by atoms with Gasteiger partial charge >= 0.3 is 0 Å². The Bertz CT molecular complexity index is 725. The maximum Gasteiger partial charge on any atom is 0.266 e. The van der Waals surface area contributed by atoms with Crippen molar-refractivity contribution in [3.63, 3.8) is 0 Å². The van der Waals surface area contributed by atoms with Crippen molar-refractivity contribution in [3.8, 4) is 5.75 Å². The van der Waals surface area contributed by atoms with Crippen LogP contribution >= 0.6 is 11.3 Å². The molecule has 0 aliphatic carbocycles. The number of ether oxygens (including phenoxy) is 1. The van der Waals surface area contributed by atoms with E-state index in [-0.39, 0.29) is 4.90 Å². The first-order chi connectivity index (χ1) is 9.87. The average molecular weight is 326 g/mol. The lowest BCUT2D eigenvalue weighted by atomic mass is 10.1. The highest BCUT2D eigenvalue weighted by atomic mass is 32.2. The van der Waals surface area contributed by atoms with Crippen LogP contribution in [0.25, 0.3) is 0 Å². The van der Waals surface area contributed by atoms with Crippen LogP contribution in [0.1, 0.15) is 18.1 Å². The van der Waals surface area contributed by atoms with Crippen molar-refractivity contribution in [1.29, 1.82) is 0 Å². The monoisotopic (exact) mass is 326 g/mol. The second kappa shape index (κ2) is 6.03. The van der Waals surface area contributed by atoms with E-state index in [1.807, 2.05) is 13.8 Å². The van der Waals surface area contributed by atoms with E-state index in [1.54, 1.807) is 30.6 Å². The number of thiazole rings is 1. The third kappa shape index (κ3) is 3.03. The molecule has 1 aromatic heterocycles. The predicted molar refractivity (Wildman–Crippen MR) is 84.8 cm³/mol. The molecule has 0 N–H and O–H groups in total. The zero-order valence-electron chi connectivity index (χ0n) is 12.5. The number of hydrogen-bond acceptors (Lipinski definition) is 5. The summed E-state index contributed by atoms with van der Waals surface area (Å²) in [6, 6.07) is 3.42. The Hall–Kier alpha value is -1.60. The lowest BCUT2D eigenvalue weighted by Crippen LogP contribution is -2.27. The Morgan fingerprint density at radius 3 is 2.57 bits per heavy atom. The molecule has 0 unspecified atom stereocenters. The Balaban J connectivity index is 2.48. The number of benzene rings is 1. The van der Waals surface area contributed by atoms with Crippen molar-refractivity contribution >= 4 is 26.5 Å². The second-order valence-electron chi connectivity index (χ2n) is 4.60. The summed E-state index contributed by atoms with van der Waals surface area (Å²) in [6.07, 6.45) is 1.59. The van der Waals surface area contributed by atoms with Gasteiger partial charge in [-0.2, -0.15) is 0 Å². The number of anilines is 1. The Labute approximate surface area is 129 Å². The third-order valence-corrected chi connectivity index (χ3v) is 5.95. The normalized spacial score (nSPS) is 11.4. The van der Waals surface area contributed by atoms with Crippen LogP contribution in [0.2, 0.25) is 0 Å². The topological polar surface area (TPSA) is 59.5 Å². The molecule has 0 aliphatic heterocycles. The lowest BCUT2D eigenvalue weighted by Gasteiger charge is -2.19. The Morgan fingerprint density at radius 1 is 1.29 bits per heavy atom. The largest absolute Gasteiger partial charge is 0.494 e. The molecule has 21 heavy (non-hydrogen) atoms. The number of hydrogen-bond donors (Lipinski definition) is 0. The van der Waals surface area contributed by atoms with Gasteiger partial charge in [0, 0.05) is 18.6 Å². The quantitative estimate of drug-likeness (QED) is 0.847. The fourth-order valence-electron chi connectivity index (χ4n) is 1.97. The van der Waals surface area contributed by atoms with E-state index in [1.165, 1.54) is 22.7 Å². The van der Waals surface area contributed by atoms with Crippen molar-refractivity contribution in [2.75, 3.05) is 18.0 Å². The molecule has 0 amide bonds. The minimum absolute atomic E-state index is 0.279. The zero-order chi connectivity index (χ0) is 15.6. The molecule has 0 saturated heterocycles. The first-order valence-electron chi connectivity index (χ1n) is 6.50. The summed E-state index contributed by atoms with van der Waals surface area (Å²) in [4.78, 5) is 4.33. The van der Waals surface area contributed by atoms with Gasteiger partial charge in [-0.3, -0.25) is 0 Å². The van der Waals surface area contributed by atoms with Gasteiger partial charge in [0.1, 0.15) is 5.75 Å². The number of rotatable bonds is 5. The first kappa shape index (κ1) is 15.8. The van der Waals surface area contributed by atoms with Crippen molar-refractivity contribution in [2.24, 2.45) is 0 Å². The van der Waals surface area contributed by atoms with Crippen LogP contribution in [-0.2, 0) is 10.0 Å². The first-order valence-corrected chi connectivity index (χ1v) is 8.82. The maximum atomic E-state index is 12.7. The van der Waals surface area contributed by atoms with E-state index in [0.717, 1.165) is 5.56 Å². The van der Waals surface area contributed by atoms with Crippen LogP contribution in [0.3, 0.4) is 0 Å². The van der Waals surface area contributed by atoms with Gasteiger partial charge in [-0.15, -0.1) is 11.3 Å². The van der Waals surface area contributed by atoms with Crippen LogP contribution < -0.4 is 9.04 Å². The van der Waals surface area contributed by atoms with E-state index in [4.69, 9.17) is 4.74 Å². The van der Waals surface area contributed by atoms with Crippen LogP contribution in [0.4, 0.5) is 5.13 Å². The van der Waals surface area contributed by atoms with Gasteiger partial charge in [0.25, 0.3) is 10.0 Å². The molecule has 0 radical (unpaired) electrons. The van der Waals surface area contributed by atoms with E-state index < -0.39 is 10.0 Å². The smallest absolute Gasteiger partial charge is 0.266 e. The maximum absolute atomic E-state index is 12.7. The summed E-state index contributed by atoms with van der Waals surface area (Å²) in [5.41, 5.74) is 1.46. The fraction of sp³-hybridized carbons (Fsp3) is 0.357. The van der Waals surface area contributed by atoms with E-state index >= 15 is 0 Å². The van der Waals surface area contributed by atoms with Gasteiger partial charge < -0.3 is 4.74 Å². The lowest BCUT2D eigenvalue weighted by molar-refractivity contribution is 0.337. The molecule has 0 spiro atoms. The van der Waals surface area contributed by atoms with E-state index in [2.05, 4.69) is 4.98 Å². The third-order valence-electron chi connectivity index (χ3n) is 3.10. The van der Waals surface area contributed by atoms with Crippen molar-refractivity contribution in [1.82, 2.24) is 4.98 Å². The highest BCUT2D eigenvalue weighted by Crippen LogP contribution is 2.30. The number of nitrogens with zero attached hydrogens (tertiary/aromatic N) is 2. The summed E-state index contributed by atoms with van der Waals surface area (Å²) in [5, 5.41) is 2.19. The highest BCUT2D eigenvalue weighted by molar-refractivity contribution is 7.93. The molecular formula is C14H18N2O3S2. The van der Waals surface area contributed by atoms with Gasteiger partial charge in [-0.25, -0.2) is 17.7 Å². The van der Waals surface area contributed by atoms with Crippen molar-refractivity contribution in [3.05, 3.63) is 34.8 Å². The van der Waals surface area contributed by atoms with Gasteiger partial charge in [0.2, 0.25) is 0 Å². The molecule has 1 heterocycles. The molecule has 0 atom stereocenters. The van der Waals surface area contributed by atoms with Crippen LogP contribution in [0.5, 0.6) is 5.75 Å². The van der Waals surface area contributed by atoms with Gasteiger partial charge in [0.05, 0.1) is 11.5 Å². The molecule has 2 rings (SSSR count). The minimum Gasteiger partial charge on any atom is -0.494 e. The van der Waals surface area contributed by atoms with Crippen molar-refractivity contribution < 1.29 is 13.2 Å². The minimum atomic E-state index is -3.62.